The number of hydrogen-bond donors (Lipinski definition) is 1. The monoisotopic (exact) mass is 210 g/mol. The quantitative estimate of drug-likeness (QED) is 0.792. The van der Waals surface area contributed by atoms with Crippen LogP contribution in [-0.4, -0.2) is 27.2 Å². The van der Waals surface area contributed by atoms with Gasteiger partial charge in [-0.2, -0.15) is 5.10 Å². The van der Waals surface area contributed by atoms with Crippen LogP contribution in [0, 0.1) is 0 Å². The Bertz CT molecular complexity index is 331. The minimum Gasteiger partial charge on any atom is -0.359 e. The lowest BCUT2D eigenvalue weighted by Crippen LogP contribution is -2.24. The molecule has 0 bridgehead atoms. The van der Waals surface area contributed by atoms with E-state index in [9.17, 15) is 0 Å². The number of rotatable bonds is 2. The molecule has 14 heavy (non-hydrogen) atoms. The van der Waals surface area contributed by atoms with Crippen LogP contribution in [0.2, 0.25) is 0 Å². The maximum Gasteiger partial charge on any atom is 0.156 e. The summed E-state index contributed by atoms with van der Waals surface area (Å²) in [6.07, 6.45) is 3.01. The van der Waals surface area contributed by atoms with Crippen molar-refractivity contribution in [3.05, 3.63) is 18.0 Å². The number of hydrogen-bond acceptors (Lipinski definition) is 4. The van der Waals surface area contributed by atoms with Gasteiger partial charge in [0.05, 0.1) is 12.2 Å². The molecule has 76 valence electrons. The second-order valence-electron chi connectivity index (χ2n) is 3.19. The predicted octanol–water partition coefficient (Wildman–Crippen LogP) is 1.00. The fourth-order valence-corrected chi connectivity index (χ4v) is 2.13. The molecule has 0 atom stereocenters. The van der Waals surface area contributed by atoms with Crippen LogP contribution in [-0.2, 0) is 13.6 Å². The molecule has 0 radical (unpaired) electrons. The number of aliphatic imine (C=N–C) groups is 1. The van der Waals surface area contributed by atoms with Gasteiger partial charge in [0.2, 0.25) is 0 Å². The summed E-state index contributed by atoms with van der Waals surface area (Å²) in [5, 5.41) is 8.49. The van der Waals surface area contributed by atoms with Crippen molar-refractivity contribution in [1.82, 2.24) is 15.1 Å². The minimum absolute atomic E-state index is 0.808. The number of nitrogens with zero attached hydrogens (tertiary/aromatic N) is 3. The van der Waals surface area contributed by atoms with Gasteiger partial charge in [-0.3, -0.25) is 9.67 Å². The molecular weight excluding hydrogens is 196 g/mol. The first-order chi connectivity index (χ1) is 6.86. The SMILES string of the molecule is Cn1nccc1CNC1=NCCCS1. The Morgan fingerprint density at radius 3 is 3.21 bits per heavy atom. The third-order valence-corrected chi connectivity index (χ3v) is 3.18. The van der Waals surface area contributed by atoms with E-state index in [4.69, 9.17) is 0 Å². The Kier molecular flexibility index (Phi) is 3.08. The third-order valence-electron chi connectivity index (χ3n) is 2.14. The highest BCUT2D eigenvalue weighted by atomic mass is 32.2. The van der Waals surface area contributed by atoms with Crippen LogP contribution < -0.4 is 5.32 Å². The van der Waals surface area contributed by atoms with E-state index in [-0.39, 0.29) is 0 Å². The Labute approximate surface area is 87.8 Å². The number of nitrogens with one attached hydrogen (secondary N) is 1. The van der Waals surface area contributed by atoms with Crippen molar-refractivity contribution < 1.29 is 0 Å². The number of amidine groups is 1. The molecule has 4 nitrogen and oxygen atoms in total. The zero-order chi connectivity index (χ0) is 9.80. The Morgan fingerprint density at radius 2 is 2.57 bits per heavy atom. The van der Waals surface area contributed by atoms with Gasteiger partial charge in [-0.1, -0.05) is 11.8 Å². The fraction of sp³-hybridized carbons (Fsp3) is 0.556. The first-order valence-electron chi connectivity index (χ1n) is 4.74. The van der Waals surface area contributed by atoms with E-state index in [1.54, 1.807) is 11.8 Å². The predicted molar refractivity (Wildman–Crippen MR) is 59.4 cm³/mol. The van der Waals surface area contributed by atoms with Crippen molar-refractivity contribution >= 4 is 16.9 Å². The van der Waals surface area contributed by atoms with Crippen LogP contribution in [0.3, 0.4) is 0 Å². The van der Waals surface area contributed by atoms with E-state index >= 15 is 0 Å². The molecule has 0 amide bonds. The molecule has 5 heteroatoms. The van der Waals surface area contributed by atoms with Crippen LogP contribution in [0.15, 0.2) is 17.3 Å². The number of aryl methyl sites for hydroxylation is 1. The fourth-order valence-electron chi connectivity index (χ4n) is 1.31. The van der Waals surface area contributed by atoms with E-state index in [2.05, 4.69) is 15.4 Å². The Morgan fingerprint density at radius 1 is 1.64 bits per heavy atom. The van der Waals surface area contributed by atoms with Crippen LogP contribution in [0.5, 0.6) is 0 Å². The van der Waals surface area contributed by atoms with E-state index in [0.29, 0.717) is 0 Å². The average molecular weight is 210 g/mol. The molecule has 1 aromatic heterocycles. The minimum atomic E-state index is 0.808. The van der Waals surface area contributed by atoms with Gasteiger partial charge < -0.3 is 5.32 Å². The molecular formula is C9H14N4S. The second kappa shape index (κ2) is 4.50. The molecule has 1 N–H and O–H groups in total. The van der Waals surface area contributed by atoms with Crippen molar-refractivity contribution in [2.75, 3.05) is 12.3 Å². The van der Waals surface area contributed by atoms with E-state index in [1.807, 2.05) is 24.0 Å². The molecule has 2 heterocycles. The van der Waals surface area contributed by atoms with Crippen molar-refractivity contribution in [3.8, 4) is 0 Å². The molecule has 0 saturated heterocycles. The summed E-state index contributed by atoms with van der Waals surface area (Å²) in [7, 11) is 1.95. The van der Waals surface area contributed by atoms with Gasteiger partial charge in [0.1, 0.15) is 0 Å². The van der Waals surface area contributed by atoms with Crippen molar-refractivity contribution in [3.63, 3.8) is 0 Å². The zero-order valence-corrected chi connectivity index (χ0v) is 9.05. The van der Waals surface area contributed by atoms with Crippen LogP contribution in [0.25, 0.3) is 0 Å². The molecule has 0 saturated carbocycles. The number of thioether (sulfide) groups is 1. The smallest absolute Gasteiger partial charge is 0.156 e. The zero-order valence-electron chi connectivity index (χ0n) is 8.23. The lowest BCUT2D eigenvalue weighted by molar-refractivity contribution is 0.694. The third kappa shape index (κ3) is 2.29. The maximum absolute atomic E-state index is 4.40. The molecule has 1 aliphatic heterocycles. The molecule has 0 fully saturated rings. The van der Waals surface area contributed by atoms with Gasteiger partial charge in [-0.15, -0.1) is 0 Å². The van der Waals surface area contributed by atoms with Crippen LogP contribution in [0.4, 0.5) is 0 Å². The molecule has 0 aromatic carbocycles. The Hall–Kier alpha value is -0.970. The Balaban J connectivity index is 1.88. The van der Waals surface area contributed by atoms with Crippen molar-refractivity contribution in [2.45, 2.75) is 13.0 Å². The first kappa shape index (κ1) is 9.58. The lowest BCUT2D eigenvalue weighted by Gasteiger charge is -2.12. The van der Waals surface area contributed by atoms with Gasteiger partial charge >= 0.3 is 0 Å². The van der Waals surface area contributed by atoms with Gasteiger partial charge in [0, 0.05) is 25.5 Å². The van der Waals surface area contributed by atoms with Crippen molar-refractivity contribution in [2.24, 2.45) is 12.0 Å². The molecule has 1 aromatic rings. The normalized spacial score (nSPS) is 16.5. The topological polar surface area (TPSA) is 42.2 Å². The largest absolute Gasteiger partial charge is 0.359 e. The summed E-state index contributed by atoms with van der Waals surface area (Å²) >= 11 is 1.80. The summed E-state index contributed by atoms with van der Waals surface area (Å²) in [4.78, 5) is 4.40. The highest BCUT2D eigenvalue weighted by Gasteiger charge is 2.05. The summed E-state index contributed by atoms with van der Waals surface area (Å²) in [6.45, 7) is 1.77. The van der Waals surface area contributed by atoms with Gasteiger partial charge in [-0.25, -0.2) is 0 Å². The summed E-state index contributed by atoms with van der Waals surface area (Å²) in [5.74, 6) is 1.18. The standard InChI is InChI=1S/C9H14N4S/c1-13-8(3-5-12-13)7-11-9-10-4-2-6-14-9/h3,5H,2,4,6-7H2,1H3,(H,10,11). The van der Waals surface area contributed by atoms with E-state index < -0.39 is 0 Å². The highest BCUT2D eigenvalue weighted by Crippen LogP contribution is 2.10. The molecule has 0 aliphatic carbocycles. The van der Waals surface area contributed by atoms with Gasteiger partial charge in [0.15, 0.2) is 5.17 Å². The summed E-state index contributed by atoms with van der Waals surface area (Å²) in [6, 6.07) is 2.01. The van der Waals surface area contributed by atoms with Crippen molar-refractivity contribution in [1.29, 1.82) is 0 Å². The second-order valence-corrected chi connectivity index (χ2v) is 4.27. The van der Waals surface area contributed by atoms with Crippen LogP contribution >= 0.6 is 11.8 Å². The lowest BCUT2D eigenvalue weighted by atomic mass is 10.4. The molecule has 0 spiro atoms. The van der Waals surface area contributed by atoms with E-state index in [0.717, 1.165) is 18.3 Å². The van der Waals surface area contributed by atoms with Gasteiger partial charge in [-0.05, 0) is 12.5 Å². The number of aromatic nitrogens is 2. The summed E-state index contributed by atoms with van der Waals surface area (Å²) < 4.78 is 1.88. The highest BCUT2D eigenvalue weighted by molar-refractivity contribution is 8.13. The average Bonchev–Trinajstić information content (AvgIpc) is 2.63. The molecule has 1 aliphatic rings. The van der Waals surface area contributed by atoms with Gasteiger partial charge in [0.25, 0.3) is 0 Å². The molecule has 2 rings (SSSR count). The van der Waals surface area contributed by atoms with Crippen LogP contribution in [0.1, 0.15) is 12.1 Å². The van der Waals surface area contributed by atoms with E-state index in [1.165, 1.54) is 17.9 Å². The first-order valence-corrected chi connectivity index (χ1v) is 5.73. The maximum atomic E-state index is 4.40. The molecule has 0 unspecified atom stereocenters. The summed E-state index contributed by atoms with van der Waals surface area (Å²) in [5.41, 5.74) is 1.18.